The van der Waals surface area contributed by atoms with Crippen LogP contribution in [0.15, 0.2) is 29.3 Å². The summed E-state index contributed by atoms with van der Waals surface area (Å²) in [6, 6.07) is 6.00. The van der Waals surface area contributed by atoms with Crippen molar-refractivity contribution in [2.24, 2.45) is 22.1 Å². The van der Waals surface area contributed by atoms with Crippen LogP contribution in [0.2, 0.25) is 0 Å². The summed E-state index contributed by atoms with van der Waals surface area (Å²) in [5.74, 6) is 1.60. The first-order chi connectivity index (χ1) is 11.3. The quantitative estimate of drug-likeness (QED) is 0.908. The third-order valence-electron chi connectivity index (χ3n) is 5.38. The van der Waals surface area contributed by atoms with Gasteiger partial charge in [-0.15, -0.1) is 0 Å². The summed E-state index contributed by atoms with van der Waals surface area (Å²) >= 11 is 0. The van der Waals surface area contributed by atoms with Gasteiger partial charge in [-0.3, -0.25) is 9.69 Å². The molecule has 5 nitrogen and oxygen atoms in total. The normalized spacial score (nSPS) is 28.2. The third kappa shape index (κ3) is 2.00. The number of rotatable bonds is 2. The Labute approximate surface area is 142 Å². The van der Waals surface area contributed by atoms with Crippen LogP contribution in [0.25, 0.3) is 6.08 Å². The molecular weight excluding hydrogens is 302 g/mol. The van der Waals surface area contributed by atoms with Crippen LogP contribution in [0.5, 0.6) is 5.75 Å². The van der Waals surface area contributed by atoms with E-state index in [9.17, 15) is 4.79 Å². The van der Waals surface area contributed by atoms with Crippen LogP contribution in [-0.4, -0.2) is 30.4 Å². The minimum Gasteiger partial charge on any atom is -0.493 e. The van der Waals surface area contributed by atoms with Gasteiger partial charge in [0.15, 0.2) is 11.5 Å². The number of fused-ring (bicyclic) bond motifs is 2. The fourth-order valence-corrected chi connectivity index (χ4v) is 3.58. The number of carbonyl (C=O) groups excluding carboxylic acids is 1. The first-order valence-corrected chi connectivity index (χ1v) is 8.44. The molecule has 126 valence electrons. The van der Waals surface area contributed by atoms with Crippen molar-refractivity contribution in [3.05, 3.63) is 35.4 Å². The fourth-order valence-electron chi connectivity index (χ4n) is 3.58. The van der Waals surface area contributed by atoms with Gasteiger partial charge in [0.1, 0.15) is 5.75 Å². The lowest BCUT2D eigenvalue weighted by atomic mass is 9.66. The maximum atomic E-state index is 13.1. The molecule has 2 heterocycles. The summed E-state index contributed by atoms with van der Waals surface area (Å²) in [5.41, 5.74) is 6.39. The van der Waals surface area contributed by atoms with Crippen LogP contribution in [0, 0.1) is 11.3 Å². The lowest BCUT2D eigenvalue weighted by Gasteiger charge is -2.44. The molecule has 1 fully saturated rings. The zero-order chi connectivity index (χ0) is 17.1. The third-order valence-corrected chi connectivity index (χ3v) is 5.38. The Morgan fingerprint density at radius 3 is 2.75 bits per heavy atom. The van der Waals surface area contributed by atoms with Crippen LogP contribution in [0.1, 0.15) is 37.8 Å². The van der Waals surface area contributed by atoms with Gasteiger partial charge in [-0.25, -0.2) is 4.99 Å². The molecule has 0 saturated heterocycles. The summed E-state index contributed by atoms with van der Waals surface area (Å²) in [4.78, 5) is 19.2. The maximum absolute atomic E-state index is 13.1. The molecule has 1 aromatic rings. The van der Waals surface area contributed by atoms with E-state index >= 15 is 0 Å². The van der Waals surface area contributed by atoms with E-state index in [1.54, 1.807) is 7.05 Å². The molecule has 1 aliphatic carbocycles. The standard InChI is InChI=1S/C19H23N3O2/c1-18(2)11-24-15-9-8-13(7-6-12-4-5-12)10-14(15)19(18)16(23)22(3)17(20)21-19/h6-10,12H,4-5,11H2,1-3H3,(H2,20,21). The summed E-state index contributed by atoms with van der Waals surface area (Å²) in [5, 5.41) is 0. The van der Waals surface area contributed by atoms with E-state index in [1.807, 2.05) is 32.0 Å². The van der Waals surface area contributed by atoms with Gasteiger partial charge in [0, 0.05) is 18.0 Å². The number of hydrogen-bond acceptors (Lipinski definition) is 4. The summed E-state index contributed by atoms with van der Waals surface area (Å²) in [7, 11) is 1.68. The fraction of sp³-hybridized carbons (Fsp3) is 0.474. The minimum absolute atomic E-state index is 0.0853. The van der Waals surface area contributed by atoms with Crippen molar-refractivity contribution in [1.82, 2.24) is 4.90 Å². The number of likely N-dealkylation sites (N-methyl/N-ethyl adjacent to an activating group) is 1. The van der Waals surface area contributed by atoms with Crippen molar-refractivity contribution >= 4 is 17.9 Å². The Hall–Kier alpha value is -2.30. The van der Waals surface area contributed by atoms with Crippen LogP contribution >= 0.6 is 0 Å². The Balaban J connectivity index is 1.88. The predicted molar refractivity (Wildman–Crippen MR) is 93.5 cm³/mol. The monoisotopic (exact) mass is 325 g/mol. The van der Waals surface area contributed by atoms with E-state index in [0.29, 0.717) is 12.5 Å². The second-order valence-corrected chi connectivity index (χ2v) is 7.67. The molecule has 5 heteroatoms. The number of ether oxygens (including phenoxy) is 1. The summed E-state index contributed by atoms with van der Waals surface area (Å²) < 4.78 is 5.93. The van der Waals surface area contributed by atoms with Gasteiger partial charge in [0.2, 0.25) is 0 Å². The molecule has 4 rings (SSSR count). The molecule has 0 radical (unpaired) electrons. The largest absolute Gasteiger partial charge is 0.493 e. The van der Waals surface area contributed by atoms with Gasteiger partial charge < -0.3 is 10.5 Å². The highest BCUT2D eigenvalue weighted by atomic mass is 16.5. The number of nitrogens with zero attached hydrogens (tertiary/aromatic N) is 2. The predicted octanol–water partition coefficient (Wildman–Crippen LogP) is 2.51. The van der Waals surface area contributed by atoms with E-state index in [2.05, 4.69) is 17.1 Å². The van der Waals surface area contributed by atoms with Crippen molar-refractivity contribution in [2.75, 3.05) is 13.7 Å². The highest BCUT2D eigenvalue weighted by molar-refractivity contribution is 6.08. The molecule has 1 spiro atoms. The highest BCUT2D eigenvalue weighted by Gasteiger charge is 2.61. The minimum atomic E-state index is -1.01. The van der Waals surface area contributed by atoms with E-state index in [4.69, 9.17) is 10.5 Å². The topological polar surface area (TPSA) is 67.9 Å². The number of allylic oxidation sites excluding steroid dienone is 1. The molecule has 1 aromatic carbocycles. The molecule has 1 unspecified atom stereocenters. The first-order valence-electron chi connectivity index (χ1n) is 8.44. The molecule has 2 N–H and O–H groups in total. The van der Waals surface area contributed by atoms with Gasteiger partial charge in [-0.2, -0.15) is 0 Å². The van der Waals surface area contributed by atoms with Gasteiger partial charge in [0.05, 0.1) is 6.61 Å². The molecule has 0 aromatic heterocycles. The molecule has 1 amide bonds. The SMILES string of the molecule is CN1C(=O)C2(N=C1N)c1cc(C=CC3CC3)ccc1OCC2(C)C. The molecular formula is C19H23N3O2. The van der Waals surface area contributed by atoms with Crippen LogP contribution in [-0.2, 0) is 10.3 Å². The molecule has 0 bridgehead atoms. The number of carbonyl (C=O) groups is 1. The van der Waals surface area contributed by atoms with Crippen LogP contribution in [0.3, 0.4) is 0 Å². The van der Waals surface area contributed by atoms with Gasteiger partial charge in [-0.05, 0) is 36.5 Å². The number of guanidine groups is 1. The Morgan fingerprint density at radius 1 is 1.38 bits per heavy atom. The number of nitrogens with two attached hydrogens (primary N) is 1. The summed E-state index contributed by atoms with van der Waals surface area (Å²) in [6.07, 6.45) is 6.91. The van der Waals surface area contributed by atoms with Crippen molar-refractivity contribution in [2.45, 2.75) is 32.2 Å². The van der Waals surface area contributed by atoms with Crippen molar-refractivity contribution in [1.29, 1.82) is 0 Å². The van der Waals surface area contributed by atoms with Crippen LogP contribution < -0.4 is 10.5 Å². The zero-order valence-electron chi connectivity index (χ0n) is 14.4. The average Bonchev–Trinajstić information content (AvgIpc) is 3.34. The molecule has 1 atom stereocenters. The molecule has 2 aliphatic heterocycles. The number of aliphatic imine (C=N–C) groups is 1. The van der Waals surface area contributed by atoms with Crippen molar-refractivity contribution in [3.63, 3.8) is 0 Å². The van der Waals surface area contributed by atoms with E-state index in [0.717, 1.165) is 16.9 Å². The number of hydrogen-bond donors (Lipinski definition) is 1. The number of amides is 1. The van der Waals surface area contributed by atoms with E-state index in [1.165, 1.54) is 17.7 Å². The van der Waals surface area contributed by atoms with Gasteiger partial charge >= 0.3 is 0 Å². The summed E-state index contributed by atoms with van der Waals surface area (Å²) in [6.45, 7) is 4.45. The Bertz CT molecular complexity index is 777. The average molecular weight is 325 g/mol. The molecule has 3 aliphatic rings. The van der Waals surface area contributed by atoms with Gasteiger partial charge in [0.25, 0.3) is 5.91 Å². The second-order valence-electron chi connectivity index (χ2n) is 7.67. The lowest BCUT2D eigenvalue weighted by molar-refractivity contribution is -0.137. The highest BCUT2D eigenvalue weighted by Crippen LogP contribution is 2.53. The maximum Gasteiger partial charge on any atom is 0.262 e. The van der Waals surface area contributed by atoms with E-state index < -0.39 is 11.0 Å². The zero-order valence-corrected chi connectivity index (χ0v) is 14.4. The van der Waals surface area contributed by atoms with Crippen molar-refractivity contribution < 1.29 is 9.53 Å². The Morgan fingerprint density at radius 2 is 2.12 bits per heavy atom. The van der Waals surface area contributed by atoms with E-state index in [-0.39, 0.29) is 11.9 Å². The number of benzene rings is 1. The van der Waals surface area contributed by atoms with Crippen LogP contribution in [0.4, 0.5) is 0 Å². The smallest absolute Gasteiger partial charge is 0.262 e. The van der Waals surface area contributed by atoms with Crippen molar-refractivity contribution in [3.8, 4) is 5.75 Å². The lowest BCUT2D eigenvalue weighted by Crippen LogP contribution is -2.53. The van der Waals surface area contributed by atoms with Gasteiger partial charge in [-0.1, -0.05) is 32.1 Å². The Kier molecular flexibility index (Phi) is 3.08. The molecule has 24 heavy (non-hydrogen) atoms. The second kappa shape index (κ2) is 4.85. The molecule has 1 saturated carbocycles. The first kappa shape index (κ1) is 15.2.